The van der Waals surface area contributed by atoms with E-state index in [4.69, 9.17) is 9.47 Å². The first-order valence-corrected chi connectivity index (χ1v) is 12.0. The lowest BCUT2D eigenvalue weighted by Crippen LogP contribution is -2.45. The zero-order chi connectivity index (χ0) is 26.2. The molecule has 0 aromatic heterocycles. The summed E-state index contributed by atoms with van der Waals surface area (Å²) in [5, 5.41) is 13.6. The number of amides is 1. The normalized spacial score (nSPS) is 12.9. The summed E-state index contributed by atoms with van der Waals surface area (Å²) in [4.78, 5) is 52.8. The number of hydrogen-bond donors (Lipinski definition) is 1. The molecule has 0 aliphatic rings. The van der Waals surface area contributed by atoms with Crippen LogP contribution in [0.1, 0.15) is 39.2 Å². The Bertz CT molecular complexity index is 1090. The fourth-order valence-electron chi connectivity index (χ4n) is 3.13. The van der Waals surface area contributed by atoms with Crippen LogP contribution in [0, 0.1) is 15.5 Å². The summed E-state index contributed by atoms with van der Waals surface area (Å²) in [5.74, 6) is -1.01. The van der Waals surface area contributed by atoms with Gasteiger partial charge < -0.3 is 19.6 Å². The quantitative estimate of drug-likeness (QED) is 0.261. The van der Waals surface area contributed by atoms with E-state index in [1.807, 2.05) is 36.4 Å². The molecule has 1 amide bonds. The topological polar surface area (TPSA) is 134 Å². The number of carbonyl (C=O) groups excluding carboxylic acids is 3. The highest BCUT2D eigenvalue weighted by molar-refractivity contribution is 8.13. The van der Waals surface area contributed by atoms with Crippen molar-refractivity contribution in [3.05, 3.63) is 52.1 Å². The molecule has 11 heteroatoms. The third-order valence-electron chi connectivity index (χ3n) is 5.32. The minimum atomic E-state index is -1.16. The number of hydrogen-bond acceptors (Lipinski definition) is 9. The highest BCUT2D eigenvalue weighted by Gasteiger charge is 2.32. The van der Waals surface area contributed by atoms with Crippen LogP contribution in [0.3, 0.4) is 0 Å². The molecule has 2 rings (SSSR count). The summed E-state index contributed by atoms with van der Waals surface area (Å²) in [6.07, 6.45) is 0. The zero-order valence-electron chi connectivity index (χ0n) is 20.4. The molecule has 0 radical (unpaired) electrons. The van der Waals surface area contributed by atoms with Gasteiger partial charge >= 0.3 is 5.97 Å². The molecule has 2 atom stereocenters. The van der Waals surface area contributed by atoms with Crippen LogP contribution < -0.4 is 10.1 Å². The first kappa shape index (κ1) is 27.9. The van der Waals surface area contributed by atoms with Crippen molar-refractivity contribution in [2.24, 2.45) is 5.41 Å². The van der Waals surface area contributed by atoms with Gasteiger partial charge in [0.2, 0.25) is 5.91 Å². The SMILES string of the molecule is CCOC(=O)[C@H](CSC(=O)C(C)(C)CO[N+](=O)[O-])NC(=O)[C@@H](C)c1ccc2cc(OC)ccc2c1. The summed E-state index contributed by atoms with van der Waals surface area (Å²) in [5.41, 5.74) is -0.410. The van der Waals surface area contributed by atoms with Crippen LogP contribution in [-0.4, -0.2) is 54.2 Å². The van der Waals surface area contributed by atoms with Gasteiger partial charge in [0.1, 0.15) is 18.4 Å². The van der Waals surface area contributed by atoms with Crippen LogP contribution in [0.25, 0.3) is 10.8 Å². The molecule has 0 saturated carbocycles. The zero-order valence-corrected chi connectivity index (χ0v) is 21.2. The Morgan fingerprint density at radius 3 is 2.43 bits per heavy atom. The van der Waals surface area contributed by atoms with Gasteiger partial charge in [0.15, 0.2) is 5.12 Å². The highest BCUT2D eigenvalue weighted by Crippen LogP contribution is 2.27. The van der Waals surface area contributed by atoms with Gasteiger partial charge in [-0.05, 0) is 42.3 Å². The van der Waals surface area contributed by atoms with Crippen LogP contribution in [0.4, 0.5) is 0 Å². The number of carbonyl (C=O) groups is 3. The molecule has 35 heavy (non-hydrogen) atoms. The highest BCUT2D eigenvalue weighted by atomic mass is 32.2. The smallest absolute Gasteiger partial charge is 0.329 e. The monoisotopic (exact) mass is 506 g/mol. The molecular formula is C24H30N2O8S. The second-order valence-corrected chi connectivity index (χ2v) is 9.48. The van der Waals surface area contributed by atoms with E-state index in [0.717, 1.165) is 33.8 Å². The van der Waals surface area contributed by atoms with Crippen LogP contribution in [-0.2, 0) is 24.0 Å². The molecular weight excluding hydrogens is 476 g/mol. The Hall–Kier alpha value is -3.34. The van der Waals surface area contributed by atoms with Gasteiger partial charge in [-0.25, -0.2) is 4.79 Å². The fraction of sp³-hybridized carbons (Fsp3) is 0.458. The van der Waals surface area contributed by atoms with Gasteiger partial charge in [-0.2, -0.15) is 0 Å². The number of methoxy groups -OCH3 is 1. The average molecular weight is 507 g/mol. The number of fused-ring (bicyclic) bond motifs is 1. The van der Waals surface area contributed by atoms with Crippen molar-refractivity contribution in [2.45, 2.75) is 39.7 Å². The Morgan fingerprint density at radius 1 is 1.14 bits per heavy atom. The van der Waals surface area contributed by atoms with E-state index >= 15 is 0 Å². The van der Waals surface area contributed by atoms with E-state index in [9.17, 15) is 24.5 Å². The molecule has 0 aliphatic carbocycles. The average Bonchev–Trinajstić information content (AvgIpc) is 2.83. The van der Waals surface area contributed by atoms with Crippen LogP contribution in [0.5, 0.6) is 5.75 Å². The van der Waals surface area contributed by atoms with E-state index in [1.165, 1.54) is 13.8 Å². The predicted octanol–water partition coefficient (Wildman–Crippen LogP) is 3.49. The second-order valence-electron chi connectivity index (χ2n) is 8.49. The third-order valence-corrected chi connectivity index (χ3v) is 6.63. The molecule has 1 N–H and O–H groups in total. The Labute approximate surface area is 207 Å². The number of nitrogens with zero attached hydrogens (tertiary/aromatic N) is 1. The maximum atomic E-state index is 13.0. The van der Waals surface area contributed by atoms with E-state index in [0.29, 0.717) is 0 Å². The van der Waals surface area contributed by atoms with Crippen molar-refractivity contribution in [2.75, 3.05) is 26.1 Å². The molecule has 0 fully saturated rings. The van der Waals surface area contributed by atoms with Crippen molar-refractivity contribution in [1.82, 2.24) is 5.32 Å². The van der Waals surface area contributed by atoms with E-state index in [1.54, 1.807) is 21.0 Å². The van der Waals surface area contributed by atoms with Gasteiger partial charge in [0.05, 0.1) is 25.0 Å². The Balaban J connectivity index is 2.11. The predicted molar refractivity (Wildman–Crippen MR) is 132 cm³/mol. The molecule has 2 aromatic rings. The standard InChI is InChI=1S/C24H30N2O8S/c1-6-33-22(28)20(13-35-23(29)24(3,4)14-34-26(30)31)25-21(27)15(2)16-7-8-18-12-19(32-5)10-9-17(18)11-16/h7-12,15,20H,6,13-14H2,1-5H3,(H,25,27)/t15-,20-/m0/s1. The second kappa shape index (κ2) is 12.4. The van der Waals surface area contributed by atoms with Crippen molar-refractivity contribution in [3.8, 4) is 5.75 Å². The summed E-state index contributed by atoms with van der Waals surface area (Å²) in [6, 6.07) is 10.2. The summed E-state index contributed by atoms with van der Waals surface area (Å²) in [7, 11) is 1.59. The van der Waals surface area contributed by atoms with Crippen molar-refractivity contribution in [1.29, 1.82) is 0 Å². The molecule has 0 spiro atoms. The van der Waals surface area contributed by atoms with Gasteiger partial charge in [-0.1, -0.05) is 49.9 Å². The van der Waals surface area contributed by atoms with E-state index < -0.39 is 46.1 Å². The van der Waals surface area contributed by atoms with E-state index in [-0.39, 0.29) is 12.4 Å². The minimum absolute atomic E-state index is 0.0878. The van der Waals surface area contributed by atoms with Gasteiger partial charge in [-0.15, -0.1) is 10.1 Å². The van der Waals surface area contributed by atoms with Crippen molar-refractivity contribution >= 4 is 39.5 Å². The molecule has 0 bridgehead atoms. The van der Waals surface area contributed by atoms with Gasteiger partial charge in [0.25, 0.3) is 5.09 Å². The molecule has 190 valence electrons. The summed E-state index contributed by atoms with van der Waals surface area (Å²) >= 11 is 0.783. The number of esters is 1. The fourth-order valence-corrected chi connectivity index (χ4v) is 4.11. The molecule has 0 saturated heterocycles. The molecule has 0 aliphatic heterocycles. The largest absolute Gasteiger partial charge is 0.497 e. The van der Waals surface area contributed by atoms with Crippen LogP contribution in [0.15, 0.2) is 36.4 Å². The molecule has 2 aromatic carbocycles. The van der Waals surface area contributed by atoms with Crippen LogP contribution in [0.2, 0.25) is 0 Å². The maximum absolute atomic E-state index is 13.0. The lowest BCUT2D eigenvalue weighted by Gasteiger charge is -2.23. The van der Waals surface area contributed by atoms with Crippen molar-refractivity contribution in [3.63, 3.8) is 0 Å². The molecule has 10 nitrogen and oxygen atoms in total. The number of rotatable bonds is 12. The third kappa shape index (κ3) is 7.84. The minimum Gasteiger partial charge on any atom is -0.497 e. The number of thioether (sulfide) groups is 1. The Morgan fingerprint density at radius 2 is 1.80 bits per heavy atom. The number of ether oxygens (including phenoxy) is 2. The lowest BCUT2D eigenvalue weighted by molar-refractivity contribution is -0.760. The van der Waals surface area contributed by atoms with E-state index in [2.05, 4.69) is 10.2 Å². The lowest BCUT2D eigenvalue weighted by atomic mass is 9.96. The molecule has 0 heterocycles. The van der Waals surface area contributed by atoms with Gasteiger partial charge in [0, 0.05) is 5.75 Å². The number of benzene rings is 2. The molecule has 0 unspecified atom stereocenters. The van der Waals surface area contributed by atoms with Crippen molar-refractivity contribution < 1.29 is 33.8 Å². The maximum Gasteiger partial charge on any atom is 0.329 e. The Kier molecular flexibility index (Phi) is 9.88. The van der Waals surface area contributed by atoms with Crippen LogP contribution >= 0.6 is 11.8 Å². The number of nitrogens with one attached hydrogen (secondary N) is 1. The first-order chi connectivity index (χ1) is 16.5. The summed E-state index contributed by atoms with van der Waals surface area (Å²) < 4.78 is 10.3. The van der Waals surface area contributed by atoms with Gasteiger partial charge in [-0.3, -0.25) is 9.59 Å². The summed E-state index contributed by atoms with van der Waals surface area (Å²) in [6.45, 7) is 6.05. The first-order valence-electron chi connectivity index (χ1n) is 11.0.